The van der Waals surface area contributed by atoms with Gasteiger partial charge in [-0.05, 0) is 36.2 Å². The summed E-state index contributed by atoms with van der Waals surface area (Å²) in [5.74, 6) is 1.75. The van der Waals surface area contributed by atoms with Gasteiger partial charge in [0.25, 0.3) is 0 Å². The Kier molecular flexibility index (Phi) is 3.14. The minimum Gasteiger partial charge on any atom is -0.497 e. The first-order chi connectivity index (χ1) is 9.36. The topological polar surface area (TPSA) is 50.8 Å². The summed E-state index contributed by atoms with van der Waals surface area (Å²) in [4.78, 5) is 11.8. The monoisotopic (exact) mass is 253 g/mol. The van der Waals surface area contributed by atoms with Gasteiger partial charge in [0.1, 0.15) is 11.6 Å². The molecule has 0 fully saturated rings. The Balaban J connectivity index is 1.84. The Morgan fingerprint density at radius 2 is 2.00 bits per heavy atom. The summed E-state index contributed by atoms with van der Waals surface area (Å²) in [6, 6.07) is 7.90. The number of fused-ring (bicyclic) bond motifs is 1. The molecule has 0 radical (unpaired) electrons. The summed E-state index contributed by atoms with van der Waals surface area (Å²) in [6.07, 6.45) is 7.36. The zero-order chi connectivity index (χ0) is 13.1. The molecule has 0 aliphatic rings. The van der Waals surface area contributed by atoms with Crippen molar-refractivity contribution in [3.63, 3.8) is 0 Å². The van der Waals surface area contributed by atoms with Crippen molar-refractivity contribution >= 4 is 10.9 Å². The molecule has 0 saturated carbocycles. The molecule has 19 heavy (non-hydrogen) atoms. The van der Waals surface area contributed by atoms with Crippen molar-refractivity contribution in [3.8, 4) is 5.75 Å². The SMILES string of the molecule is COc1ccc2[nH]cc(CCc3ncccn3)c2c1. The number of aromatic amines is 1. The molecule has 0 amide bonds. The number of ether oxygens (including phenoxy) is 1. The molecule has 3 rings (SSSR count). The van der Waals surface area contributed by atoms with Gasteiger partial charge in [-0.1, -0.05) is 0 Å². The number of benzene rings is 1. The highest BCUT2D eigenvalue weighted by molar-refractivity contribution is 5.84. The summed E-state index contributed by atoms with van der Waals surface area (Å²) in [5, 5.41) is 1.20. The molecule has 2 aromatic heterocycles. The van der Waals surface area contributed by atoms with Crippen LogP contribution in [-0.4, -0.2) is 22.1 Å². The van der Waals surface area contributed by atoms with E-state index in [-0.39, 0.29) is 0 Å². The third-order valence-electron chi connectivity index (χ3n) is 3.21. The van der Waals surface area contributed by atoms with Crippen LogP contribution in [0.3, 0.4) is 0 Å². The van der Waals surface area contributed by atoms with Crippen molar-refractivity contribution in [1.29, 1.82) is 0 Å². The van der Waals surface area contributed by atoms with Gasteiger partial charge in [-0.3, -0.25) is 0 Å². The Labute approximate surface area is 111 Å². The van der Waals surface area contributed by atoms with Gasteiger partial charge in [0, 0.05) is 35.9 Å². The fourth-order valence-corrected chi connectivity index (χ4v) is 2.20. The van der Waals surface area contributed by atoms with E-state index >= 15 is 0 Å². The minimum absolute atomic E-state index is 0.838. The van der Waals surface area contributed by atoms with E-state index in [1.165, 1.54) is 10.9 Å². The predicted octanol–water partition coefficient (Wildman–Crippen LogP) is 2.75. The molecule has 4 nitrogen and oxygen atoms in total. The van der Waals surface area contributed by atoms with E-state index in [1.54, 1.807) is 19.5 Å². The van der Waals surface area contributed by atoms with Crippen LogP contribution in [0.5, 0.6) is 5.75 Å². The molecular weight excluding hydrogens is 238 g/mol. The second-order valence-corrected chi connectivity index (χ2v) is 4.39. The molecule has 0 aliphatic carbocycles. The minimum atomic E-state index is 0.838. The zero-order valence-electron chi connectivity index (χ0n) is 10.8. The maximum atomic E-state index is 5.27. The lowest BCUT2D eigenvalue weighted by atomic mass is 10.1. The molecule has 2 heterocycles. The first kappa shape index (κ1) is 11.7. The molecule has 1 aromatic carbocycles. The third-order valence-corrected chi connectivity index (χ3v) is 3.21. The van der Waals surface area contributed by atoms with E-state index in [9.17, 15) is 0 Å². The molecule has 0 spiro atoms. The number of H-pyrrole nitrogens is 1. The van der Waals surface area contributed by atoms with Crippen molar-refractivity contribution < 1.29 is 4.74 Å². The molecule has 0 unspecified atom stereocenters. The highest BCUT2D eigenvalue weighted by Gasteiger charge is 2.06. The first-order valence-corrected chi connectivity index (χ1v) is 6.27. The van der Waals surface area contributed by atoms with Crippen LogP contribution in [0.15, 0.2) is 42.9 Å². The third kappa shape index (κ3) is 2.42. The number of hydrogen-bond acceptors (Lipinski definition) is 3. The summed E-state index contributed by atoms with van der Waals surface area (Å²) in [7, 11) is 1.69. The summed E-state index contributed by atoms with van der Waals surface area (Å²) < 4.78 is 5.27. The van der Waals surface area contributed by atoms with Gasteiger partial charge in [0.15, 0.2) is 0 Å². The number of rotatable bonds is 4. The van der Waals surface area contributed by atoms with Gasteiger partial charge in [-0.15, -0.1) is 0 Å². The fourth-order valence-electron chi connectivity index (χ4n) is 2.20. The van der Waals surface area contributed by atoms with Gasteiger partial charge >= 0.3 is 0 Å². The normalized spacial score (nSPS) is 10.8. The van der Waals surface area contributed by atoms with E-state index in [2.05, 4.69) is 21.0 Å². The van der Waals surface area contributed by atoms with Crippen LogP contribution in [-0.2, 0) is 12.8 Å². The van der Waals surface area contributed by atoms with E-state index in [4.69, 9.17) is 4.74 Å². The van der Waals surface area contributed by atoms with Crippen LogP contribution in [0.4, 0.5) is 0 Å². The Morgan fingerprint density at radius 3 is 2.79 bits per heavy atom. The van der Waals surface area contributed by atoms with Crippen LogP contribution in [0.2, 0.25) is 0 Å². The van der Waals surface area contributed by atoms with Crippen molar-refractivity contribution in [2.24, 2.45) is 0 Å². The molecule has 3 aromatic rings. The van der Waals surface area contributed by atoms with Crippen LogP contribution >= 0.6 is 0 Å². The number of hydrogen-bond donors (Lipinski definition) is 1. The maximum Gasteiger partial charge on any atom is 0.128 e. The average molecular weight is 253 g/mol. The molecular formula is C15H15N3O. The first-order valence-electron chi connectivity index (χ1n) is 6.27. The van der Waals surface area contributed by atoms with Gasteiger partial charge in [0.05, 0.1) is 7.11 Å². The van der Waals surface area contributed by atoms with Crippen molar-refractivity contribution in [2.45, 2.75) is 12.8 Å². The van der Waals surface area contributed by atoms with Crippen molar-refractivity contribution in [3.05, 3.63) is 54.2 Å². The lowest BCUT2D eigenvalue weighted by Crippen LogP contribution is -1.96. The summed E-state index contributed by atoms with van der Waals surface area (Å²) in [5.41, 5.74) is 2.39. The molecule has 1 N–H and O–H groups in total. The number of methoxy groups -OCH3 is 1. The Bertz CT molecular complexity index is 676. The summed E-state index contributed by atoms with van der Waals surface area (Å²) in [6.45, 7) is 0. The van der Waals surface area contributed by atoms with Gasteiger partial charge < -0.3 is 9.72 Å². The second kappa shape index (κ2) is 5.10. The molecule has 0 atom stereocenters. The molecule has 0 aliphatic heterocycles. The van der Waals surface area contributed by atoms with Crippen LogP contribution < -0.4 is 4.74 Å². The van der Waals surface area contributed by atoms with E-state index in [1.807, 2.05) is 24.4 Å². The quantitative estimate of drug-likeness (QED) is 0.777. The Morgan fingerprint density at radius 1 is 1.16 bits per heavy atom. The predicted molar refractivity (Wildman–Crippen MR) is 74.3 cm³/mol. The zero-order valence-corrected chi connectivity index (χ0v) is 10.8. The van der Waals surface area contributed by atoms with Gasteiger partial charge in [-0.25, -0.2) is 9.97 Å². The largest absolute Gasteiger partial charge is 0.497 e. The molecule has 96 valence electrons. The number of aromatic nitrogens is 3. The van der Waals surface area contributed by atoms with Crippen LogP contribution in [0, 0.1) is 0 Å². The standard InChI is InChI=1S/C15H15N3O/c1-19-12-4-5-14-13(9-12)11(10-18-14)3-6-15-16-7-2-8-17-15/h2,4-5,7-10,18H,3,6H2,1H3. The van der Waals surface area contributed by atoms with E-state index in [0.717, 1.165) is 29.9 Å². The van der Waals surface area contributed by atoms with Crippen LogP contribution in [0.1, 0.15) is 11.4 Å². The number of aryl methyl sites for hydroxylation is 2. The second-order valence-electron chi connectivity index (χ2n) is 4.39. The Hall–Kier alpha value is -2.36. The molecule has 4 heteroatoms. The maximum absolute atomic E-state index is 5.27. The highest BCUT2D eigenvalue weighted by atomic mass is 16.5. The fraction of sp³-hybridized carbons (Fsp3) is 0.200. The van der Waals surface area contributed by atoms with Crippen molar-refractivity contribution in [2.75, 3.05) is 7.11 Å². The molecule has 0 saturated heterocycles. The number of nitrogens with zero attached hydrogens (tertiary/aromatic N) is 2. The highest BCUT2D eigenvalue weighted by Crippen LogP contribution is 2.24. The van der Waals surface area contributed by atoms with E-state index in [0.29, 0.717) is 0 Å². The smallest absolute Gasteiger partial charge is 0.128 e. The van der Waals surface area contributed by atoms with Crippen molar-refractivity contribution in [1.82, 2.24) is 15.0 Å². The lowest BCUT2D eigenvalue weighted by molar-refractivity contribution is 0.415. The molecule has 0 bridgehead atoms. The van der Waals surface area contributed by atoms with Gasteiger partial charge in [-0.2, -0.15) is 0 Å². The number of nitrogens with one attached hydrogen (secondary N) is 1. The average Bonchev–Trinajstić information content (AvgIpc) is 2.88. The van der Waals surface area contributed by atoms with E-state index < -0.39 is 0 Å². The van der Waals surface area contributed by atoms with Gasteiger partial charge in [0.2, 0.25) is 0 Å². The lowest BCUT2D eigenvalue weighted by Gasteiger charge is -2.02. The van der Waals surface area contributed by atoms with Crippen LogP contribution in [0.25, 0.3) is 10.9 Å². The summed E-state index contributed by atoms with van der Waals surface area (Å²) >= 11 is 0.